The Morgan fingerprint density at radius 2 is 2.20 bits per heavy atom. The lowest BCUT2D eigenvalue weighted by atomic mass is 9.72. The van der Waals surface area contributed by atoms with Gasteiger partial charge in [0.15, 0.2) is 0 Å². The highest BCUT2D eigenvalue weighted by molar-refractivity contribution is 7.85. The number of H-pyrrole nitrogens is 1. The highest BCUT2D eigenvalue weighted by atomic mass is 32.2. The van der Waals surface area contributed by atoms with Crippen molar-refractivity contribution in [2.75, 3.05) is 26.0 Å². The van der Waals surface area contributed by atoms with Gasteiger partial charge >= 0.3 is 0 Å². The van der Waals surface area contributed by atoms with Crippen molar-refractivity contribution in [1.29, 1.82) is 0 Å². The van der Waals surface area contributed by atoms with E-state index in [1.54, 1.807) is 4.90 Å². The summed E-state index contributed by atoms with van der Waals surface area (Å²) in [6.45, 7) is 4.67. The SMILES string of the molecule is CCC[NH+]1C[C@H](COS(C)(=O)=O)C[C@@H]2c3cccc4[nH]cc(c34)C[C@H]21. The minimum absolute atomic E-state index is 0.285. The molecule has 1 aliphatic heterocycles. The smallest absolute Gasteiger partial charge is 0.264 e. The van der Waals surface area contributed by atoms with Gasteiger partial charge in [-0.1, -0.05) is 19.1 Å². The van der Waals surface area contributed by atoms with E-state index >= 15 is 0 Å². The van der Waals surface area contributed by atoms with Crippen LogP contribution in [0.3, 0.4) is 0 Å². The Hall–Kier alpha value is -1.37. The normalized spacial score (nSPS) is 28.9. The standard InChI is InChI=1S/C19H26N2O3S/c1-3-7-21-11-13(12-24-25(2,22)23)8-16-15-5-4-6-17-19(15)14(10-20-17)9-18(16)21/h4-6,10,13,16,18,20H,3,7-9,11-12H2,1-2H3/p+1/t13-,16-,18-/m1/s1. The fourth-order valence-electron chi connectivity index (χ4n) is 4.99. The molecule has 1 fully saturated rings. The number of likely N-dealkylation sites (tertiary alicyclic amines) is 1. The van der Waals surface area contributed by atoms with E-state index in [-0.39, 0.29) is 5.92 Å². The van der Waals surface area contributed by atoms with Crippen LogP contribution in [-0.2, 0) is 20.7 Å². The summed E-state index contributed by atoms with van der Waals surface area (Å²) in [6, 6.07) is 7.13. The molecule has 2 N–H and O–H groups in total. The average molecular weight is 364 g/mol. The summed E-state index contributed by atoms with van der Waals surface area (Å²) >= 11 is 0. The van der Waals surface area contributed by atoms with Crippen LogP contribution in [-0.4, -0.2) is 45.4 Å². The van der Waals surface area contributed by atoms with E-state index in [0.29, 0.717) is 18.6 Å². The van der Waals surface area contributed by atoms with E-state index in [4.69, 9.17) is 4.18 Å². The summed E-state index contributed by atoms with van der Waals surface area (Å²) in [5.41, 5.74) is 4.09. The maximum atomic E-state index is 11.4. The van der Waals surface area contributed by atoms with E-state index < -0.39 is 10.1 Å². The van der Waals surface area contributed by atoms with E-state index in [2.05, 4.69) is 36.3 Å². The predicted molar refractivity (Wildman–Crippen MR) is 98.4 cm³/mol. The summed E-state index contributed by atoms with van der Waals surface area (Å²) in [5, 5.41) is 1.39. The molecule has 2 aliphatic rings. The summed E-state index contributed by atoms with van der Waals surface area (Å²) in [7, 11) is -3.38. The number of hydrogen-bond acceptors (Lipinski definition) is 3. The minimum atomic E-state index is -3.38. The average Bonchev–Trinajstić information content (AvgIpc) is 2.98. The molecule has 2 heterocycles. The van der Waals surface area contributed by atoms with Crippen LogP contribution in [0.2, 0.25) is 0 Å². The van der Waals surface area contributed by atoms with Gasteiger partial charge in [-0.25, -0.2) is 0 Å². The molecule has 1 aliphatic carbocycles. The van der Waals surface area contributed by atoms with Crippen LogP contribution in [0.15, 0.2) is 24.4 Å². The number of rotatable bonds is 5. The lowest BCUT2D eigenvalue weighted by molar-refractivity contribution is -0.936. The lowest BCUT2D eigenvalue weighted by Gasteiger charge is -2.44. The highest BCUT2D eigenvalue weighted by Gasteiger charge is 2.43. The molecule has 1 aromatic carbocycles. The lowest BCUT2D eigenvalue weighted by Crippen LogP contribution is -3.18. The second kappa shape index (κ2) is 6.41. The zero-order valence-corrected chi connectivity index (χ0v) is 15.7. The van der Waals surface area contributed by atoms with Crippen molar-refractivity contribution in [3.05, 3.63) is 35.5 Å². The van der Waals surface area contributed by atoms with Gasteiger partial charge in [-0.2, -0.15) is 8.42 Å². The van der Waals surface area contributed by atoms with Crippen molar-refractivity contribution in [2.24, 2.45) is 5.92 Å². The van der Waals surface area contributed by atoms with Crippen LogP contribution in [0.5, 0.6) is 0 Å². The molecule has 136 valence electrons. The molecule has 0 radical (unpaired) electrons. The van der Waals surface area contributed by atoms with E-state index in [0.717, 1.165) is 38.6 Å². The maximum absolute atomic E-state index is 11.4. The fourth-order valence-corrected chi connectivity index (χ4v) is 5.43. The van der Waals surface area contributed by atoms with Crippen LogP contribution in [0, 0.1) is 5.92 Å². The van der Waals surface area contributed by atoms with Crippen molar-refractivity contribution in [3.63, 3.8) is 0 Å². The van der Waals surface area contributed by atoms with Crippen LogP contribution in [0.25, 0.3) is 10.9 Å². The van der Waals surface area contributed by atoms with E-state index in [1.165, 1.54) is 22.0 Å². The fraction of sp³-hybridized carbons (Fsp3) is 0.579. The Morgan fingerprint density at radius 3 is 2.96 bits per heavy atom. The van der Waals surface area contributed by atoms with Gasteiger partial charge in [0.05, 0.1) is 32.0 Å². The molecule has 1 saturated heterocycles. The van der Waals surface area contributed by atoms with E-state index in [9.17, 15) is 8.42 Å². The highest BCUT2D eigenvalue weighted by Crippen LogP contribution is 2.40. The Bertz CT molecular complexity index is 874. The third-order valence-corrected chi connectivity index (χ3v) is 6.46. The van der Waals surface area contributed by atoms with Crippen LogP contribution in [0.1, 0.15) is 36.8 Å². The molecule has 0 amide bonds. The van der Waals surface area contributed by atoms with Gasteiger partial charge in [0.2, 0.25) is 0 Å². The third kappa shape index (κ3) is 3.23. The number of piperidine rings is 1. The van der Waals surface area contributed by atoms with Gasteiger partial charge in [-0.05, 0) is 30.0 Å². The first-order chi connectivity index (χ1) is 12.0. The molecule has 6 heteroatoms. The summed E-state index contributed by atoms with van der Waals surface area (Å²) < 4.78 is 28.0. The van der Waals surface area contributed by atoms with Gasteiger partial charge in [-0.3, -0.25) is 4.18 Å². The van der Waals surface area contributed by atoms with Crippen molar-refractivity contribution in [1.82, 2.24) is 4.98 Å². The Morgan fingerprint density at radius 1 is 1.36 bits per heavy atom. The van der Waals surface area contributed by atoms with E-state index in [1.807, 2.05) is 0 Å². The summed E-state index contributed by atoms with van der Waals surface area (Å²) in [6.07, 6.45) is 6.58. The molecule has 4 rings (SSSR count). The summed E-state index contributed by atoms with van der Waals surface area (Å²) in [4.78, 5) is 5.02. The zero-order valence-electron chi connectivity index (χ0n) is 14.9. The first-order valence-corrected chi connectivity index (χ1v) is 11.1. The molecule has 1 unspecified atom stereocenters. The van der Waals surface area contributed by atoms with Gasteiger partial charge in [-0.15, -0.1) is 0 Å². The van der Waals surface area contributed by atoms with Crippen molar-refractivity contribution < 1.29 is 17.5 Å². The molecule has 1 aromatic heterocycles. The topological polar surface area (TPSA) is 63.6 Å². The monoisotopic (exact) mass is 363 g/mol. The van der Waals surface area contributed by atoms with Crippen LogP contribution >= 0.6 is 0 Å². The first-order valence-electron chi connectivity index (χ1n) is 9.24. The number of nitrogens with one attached hydrogen (secondary N) is 2. The second-order valence-corrected chi connectivity index (χ2v) is 9.35. The minimum Gasteiger partial charge on any atom is -0.361 e. The molecule has 0 spiro atoms. The van der Waals surface area contributed by atoms with Crippen molar-refractivity contribution in [2.45, 2.75) is 38.1 Å². The largest absolute Gasteiger partial charge is 0.361 e. The predicted octanol–water partition coefficient (Wildman–Crippen LogP) is 1.47. The Kier molecular flexibility index (Phi) is 4.38. The van der Waals surface area contributed by atoms with Crippen LogP contribution < -0.4 is 4.90 Å². The Labute approximate surface area is 149 Å². The molecule has 5 nitrogen and oxygen atoms in total. The molecular formula is C19H27N2O3S+. The summed E-state index contributed by atoms with van der Waals surface area (Å²) in [5.74, 6) is 0.767. The zero-order chi connectivity index (χ0) is 17.6. The molecule has 2 aromatic rings. The molecular weight excluding hydrogens is 336 g/mol. The maximum Gasteiger partial charge on any atom is 0.264 e. The molecule has 0 bridgehead atoms. The van der Waals surface area contributed by atoms with Crippen molar-refractivity contribution in [3.8, 4) is 0 Å². The number of benzene rings is 1. The second-order valence-electron chi connectivity index (χ2n) is 7.70. The number of quaternary nitrogens is 1. The van der Waals surface area contributed by atoms with Gasteiger partial charge in [0, 0.05) is 35.4 Å². The van der Waals surface area contributed by atoms with Crippen LogP contribution in [0.4, 0.5) is 0 Å². The van der Waals surface area contributed by atoms with Gasteiger partial charge in [0.25, 0.3) is 10.1 Å². The van der Waals surface area contributed by atoms with Gasteiger partial charge < -0.3 is 9.88 Å². The number of aromatic amines is 1. The Balaban J connectivity index is 1.67. The number of aromatic nitrogens is 1. The quantitative estimate of drug-likeness (QED) is 0.791. The number of hydrogen-bond donors (Lipinski definition) is 2. The molecule has 4 atom stereocenters. The van der Waals surface area contributed by atoms with Gasteiger partial charge in [0.1, 0.15) is 0 Å². The number of fused-ring (bicyclic) bond motifs is 2. The molecule has 25 heavy (non-hydrogen) atoms. The molecule has 0 saturated carbocycles. The van der Waals surface area contributed by atoms with Crippen molar-refractivity contribution >= 4 is 21.0 Å². The first kappa shape index (κ1) is 17.1. The third-order valence-electron chi connectivity index (χ3n) is 5.90.